The molecule has 9 nitrogen and oxygen atoms in total. The van der Waals surface area contributed by atoms with E-state index in [0.717, 1.165) is 21.9 Å². The average Bonchev–Trinajstić information content (AvgIpc) is 2.97. The van der Waals surface area contributed by atoms with E-state index in [2.05, 4.69) is 21.2 Å². The molecule has 3 rings (SSSR count). The number of methoxy groups -OCH3 is 2. The Kier molecular flexibility index (Phi) is 11.2. The molecule has 3 aromatic carbocycles. The molecule has 41 heavy (non-hydrogen) atoms. The fraction of sp³-hybridized carbons (Fsp3) is 0.333. The summed E-state index contributed by atoms with van der Waals surface area (Å²) < 4.78 is 40.0. The Bertz CT molecular complexity index is 1450. The first kappa shape index (κ1) is 32.0. The number of carbonyl (C=O) groups is 2. The van der Waals surface area contributed by atoms with Gasteiger partial charge in [0.05, 0.1) is 29.3 Å². The van der Waals surface area contributed by atoms with Gasteiger partial charge in [-0.1, -0.05) is 36.8 Å². The monoisotopic (exact) mass is 645 g/mol. The third-order valence-corrected chi connectivity index (χ3v) is 8.93. The highest BCUT2D eigenvalue weighted by Gasteiger charge is 2.32. The van der Waals surface area contributed by atoms with E-state index in [4.69, 9.17) is 9.47 Å². The number of halogens is 1. The maximum absolute atomic E-state index is 14.0. The number of nitrogens with zero attached hydrogens (tertiary/aromatic N) is 2. The van der Waals surface area contributed by atoms with Gasteiger partial charge in [-0.05, 0) is 84.2 Å². The molecule has 0 aliphatic heterocycles. The number of carbonyl (C=O) groups excluding carboxylic acids is 2. The summed E-state index contributed by atoms with van der Waals surface area (Å²) in [7, 11) is -1.15. The molecule has 0 aliphatic rings. The second kappa shape index (κ2) is 14.4. The third kappa shape index (κ3) is 8.01. The average molecular weight is 647 g/mol. The first-order valence-electron chi connectivity index (χ1n) is 13.1. The van der Waals surface area contributed by atoms with Gasteiger partial charge in [0.2, 0.25) is 11.8 Å². The molecule has 0 saturated heterocycles. The molecule has 1 atom stereocenters. The second-order valence-corrected chi connectivity index (χ2v) is 12.2. The van der Waals surface area contributed by atoms with E-state index in [1.807, 2.05) is 13.8 Å². The number of nitrogens with one attached hydrogen (secondary N) is 1. The Balaban J connectivity index is 2.03. The van der Waals surface area contributed by atoms with Crippen LogP contribution in [0.25, 0.3) is 0 Å². The molecule has 0 saturated carbocycles. The molecule has 0 aromatic heterocycles. The molecule has 1 unspecified atom stereocenters. The lowest BCUT2D eigenvalue weighted by Gasteiger charge is -2.32. The van der Waals surface area contributed by atoms with Crippen molar-refractivity contribution in [1.29, 1.82) is 0 Å². The van der Waals surface area contributed by atoms with E-state index >= 15 is 0 Å². The fourth-order valence-electron chi connectivity index (χ4n) is 4.08. The maximum Gasteiger partial charge on any atom is 0.264 e. The summed E-state index contributed by atoms with van der Waals surface area (Å²) in [6.45, 7) is 5.51. The van der Waals surface area contributed by atoms with E-state index in [9.17, 15) is 18.0 Å². The summed E-state index contributed by atoms with van der Waals surface area (Å²) in [5.74, 6) is 0.274. The van der Waals surface area contributed by atoms with Crippen LogP contribution in [-0.4, -0.2) is 58.5 Å². The number of rotatable bonds is 13. The highest BCUT2D eigenvalue weighted by atomic mass is 79.9. The lowest BCUT2D eigenvalue weighted by molar-refractivity contribution is -0.139. The summed E-state index contributed by atoms with van der Waals surface area (Å²) in [6.07, 6.45) is 0.738. The van der Waals surface area contributed by atoms with E-state index in [0.29, 0.717) is 28.2 Å². The Morgan fingerprint density at radius 3 is 2.20 bits per heavy atom. The van der Waals surface area contributed by atoms with Crippen molar-refractivity contribution in [3.63, 3.8) is 0 Å². The molecule has 0 fully saturated rings. The van der Waals surface area contributed by atoms with Crippen LogP contribution in [0.1, 0.15) is 31.4 Å². The number of aryl methyl sites for hydroxylation is 1. The Morgan fingerprint density at radius 1 is 0.976 bits per heavy atom. The largest absolute Gasteiger partial charge is 0.497 e. The summed E-state index contributed by atoms with van der Waals surface area (Å²) in [5, 5.41) is 2.83. The van der Waals surface area contributed by atoms with Crippen LogP contribution in [0.15, 0.2) is 76.1 Å². The standard InChI is InChI=1S/C30H36BrN3O6S/c1-6-17-32-30(36)22(3)33(19-23-9-13-25(39-4)14-10-23)29(35)20-34(24-11-7-21(2)8-12-24)41(37,38)26-15-16-28(40-5)27(31)18-26/h7-16,18,22H,6,17,19-20H2,1-5H3,(H,32,36). The first-order chi connectivity index (χ1) is 19.5. The molecule has 220 valence electrons. The molecule has 0 radical (unpaired) electrons. The third-order valence-electron chi connectivity index (χ3n) is 6.54. The molecule has 1 N–H and O–H groups in total. The van der Waals surface area contributed by atoms with Crippen molar-refractivity contribution >= 4 is 43.5 Å². The number of ether oxygens (including phenoxy) is 2. The van der Waals surface area contributed by atoms with Gasteiger partial charge in [0.25, 0.3) is 10.0 Å². The topological polar surface area (TPSA) is 105 Å². The predicted octanol–water partition coefficient (Wildman–Crippen LogP) is 4.91. The minimum absolute atomic E-state index is 0.0195. The van der Waals surface area contributed by atoms with Gasteiger partial charge < -0.3 is 19.7 Å². The first-order valence-corrected chi connectivity index (χ1v) is 15.4. The number of amides is 2. The van der Waals surface area contributed by atoms with Crippen LogP contribution in [0.2, 0.25) is 0 Å². The smallest absolute Gasteiger partial charge is 0.264 e. The van der Waals surface area contributed by atoms with Gasteiger partial charge in [-0.25, -0.2) is 8.42 Å². The number of hydrogen-bond donors (Lipinski definition) is 1. The van der Waals surface area contributed by atoms with Crippen molar-refractivity contribution in [2.75, 3.05) is 31.6 Å². The quantitative estimate of drug-likeness (QED) is 0.283. The molecular weight excluding hydrogens is 610 g/mol. The van der Waals surface area contributed by atoms with Crippen LogP contribution in [-0.2, 0) is 26.2 Å². The zero-order valence-electron chi connectivity index (χ0n) is 23.9. The van der Waals surface area contributed by atoms with Crippen LogP contribution in [0.3, 0.4) is 0 Å². The minimum atomic E-state index is -4.20. The number of benzene rings is 3. The van der Waals surface area contributed by atoms with E-state index in [-0.39, 0.29) is 17.3 Å². The van der Waals surface area contributed by atoms with Gasteiger partial charge in [0, 0.05) is 13.1 Å². The van der Waals surface area contributed by atoms with Crippen LogP contribution in [0, 0.1) is 6.92 Å². The number of hydrogen-bond acceptors (Lipinski definition) is 6. The van der Waals surface area contributed by atoms with Gasteiger partial charge in [0.1, 0.15) is 24.1 Å². The van der Waals surface area contributed by atoms with E-state index in [1.54, 1.807) is 68.6 Å². The maximum atomic E-state index is 14.0. The van der Waals surface area contributed by atoms with Crippen LogP contribution >= 0.6 is 15.9 Å². The van der Waals surface area contributed by atoms with E-state index < -0.39 is 28.5 Å². The number of sulfonamides is 1. The van der Waals surface area contributed by atoms with Crippen molar-refractivity contribution in [1.82, 2.24) is 10.2 Å². The zero-order valence-corrected chi connectivity index (χ0v) is 26.3. The Labute approximate surface area is 250 Å². The molecule has 11 heteroatoms. The Hall–Kier alpha value is -3.57. The van der Waals surface area contributed by atoms with Crippen molar-refractivity contribution in [3.8, 4) is 11.5 Å². The van der Waals surface area contributed by atoms with Gasteiger partial charge in [-0.3, -0.25) is 13.9 Å². The van der Waals surface area contributed by atoms with E-state index in [1.165, 1.54) is 24.1 Å². The summed E-state index contributed by atoms with van der Waals surface area (Å²) in [6, 6.07) is 17.6. The zero-order chi connectivity index (χ0) is 30.2. The SMILES string of the molecule is CCCNC(=O)C(C)N(Cc1ccc(OC)cc1)C(=O)CN(c1ccc(C)cc1)S(=O)(=O)c1ccc(OC)c(Br)c1. The molecule has 0 heterocycles. The Morgan fingerprint density at radius 2 is 1.63 bits per heavy atom. The van der Waals surface area contributed by atoms with Crippen LogP contribution in [0.4, 0.5) is 5.69 Å². The summed E-state index contributed by atoms with van der Waals surface area (Å²) >= 11 is 3.36. The molecular formula is C30H36BrN3O6S. The normalized spacial score (nSPS) is 11.9. The molecule has 0 bridgehead atoms. The van der Waals surface area contributed by atoms with Crippen LogP contribution < -0.4 is 19.1 Å². The van der Waals surface area contributed by atoms with Crippen molar-refractivity contribution < 1.29 is 27.5 Å². The fourth-order valence-corrected chi connectivity index (χ4v) is 6.21. The molecule has 2 amide bonds. The van der Waals surface area contributed by atoms with Gasteiger partial charge in [-0.2, -0.15) is 0 Å². The van der Waals surface area contributed by atoms with Crippen LogP contribution in [0.5, 0.6) is 11.5 Å². The lowest BCUT2D eigenvalue weighted by atomic mass is 10.1. The highest BCUT2D eigenvalue weighted by molar-refractivity contribution is 9.10. The van der Waals surface area contributed by atoms with Gasteiger partial charge >= 0.3 is 0 Å². The molecule has 3 aromatic rings. The molecule has 0 aliphatic carbocycles. The summed E-state index contributed by atoms with van der Waals surface area (Å²) in [5.41, 5.74) is 2.02. The number of anilines is 1. The van der Waals surface area contributed by atoms with Crippen molar-refractivity contribution in [3.05, 3.63) is 82.3 Å². The van der Waals surface area contributed by atoms with Gasteiger partial charge in [0.15, 0.2) is 0 Å². The molecule has 0 spiro atoms. The highest BCUT2D eigenvalue weighted by Crippen LogP contribution is 2.31. The minimum Gasteiger partial charge on any atom is -0.497 e. The predicted molar refractivity (Wildman–Crippen MR) is 163 cm³/mol. The lowest BCUT2D eigenvalue weighted by Crippen LogP contribution is -2.51. The summed E-state index contributed by atoms with van der Waals surface area (Å²) in [4.78, 5) is 28.3. The second-order valence-electron chi connectivity index (χ2n) is 9.48. The van der Waals surface area contributed by atoms with Gasteiger partial charge in [-0.15, -0.1) is 0 Å². The van der Waals surface area contributed by atoms with Crippen molar-refractivity contribution in [2.24, 2.45) is 0 Å². The van der Waals surface area contributed by atoms with Crippen molar-refractivity contribution in [2.45, 2.75) is 44.7 Å².